The first kappa shape index (κ1) is 15.5. The van der Waals surface area contributed by atoms with E-state index >= 15 is 0 Å². The van der Waals surface area contributed by atoms with Crippen LogP contribution in [-0.2, 0) is 10.2 Å². The lowest BCUT2D eigenvalue weighted by atomic mass is 9.70. The van der Waals surface area contributed by atoms with Gasteiger partial charge in [0, 0.05) is 18.7 Å². The maximum atomic E-state index is 13.6. The molecule has 1 aliphatic heterocycles. The molecule has 3 nitrogen and oxygen atoms in total. The minimum atomic E-state index is -0.834. The first-order chi connectivity index (χ1) is 12.2. The lowest BCUT2D eigenvalue weighted by Gasteiger charge is -2.29. The second-order valence-electron chi connectivity index (χ2n) is 6.23. The van der Waals surface area contributed by atoms with Crippen molar-refractivity contribution >= 4 is 11.6 Å². The number of methoxy groups -OCH3 is 1. The Balaban J connectivity index is 2.08. The van der Waals surface area contributed by atoms with Crippen molar-refractivity contribution in [3.8, 4) is 5.75 Å². The van der Waals surface area contributed by atoms with Crippen molar-refractivity contribution in [3.63, 3.8) is 0 Å². The van der Waals surface area contributed by atoms with Gasteiger partial charge < -0.3 is 9.64 Å². The molecule has 25 heavy (non-hydrogen) atoms. The molecule has 3 heteroatoms. The third-order valence-corrected chi connectivity index (χ3v) is 5.01. The molecule has 0 bridgehead atoms. The molecule has 0 spiro atoms. The normalized spacial score (nSPS) is 15.1. The Bertz CT molecular complexity index is 880. The van der Waals surface area contributed by atoms with Gasteiger partial charge in [-0.3, -0.25) is 4.79 Å². The highest BCUT2D eigenvalue weighted by Crippen LogP contribution is 2.50. The standard InChI is InChI=1S/C22H19NO2/c1-23-20-15-18(25-2)13-14-19(20)22(21(23)24,16-9-5-3-6-10-16)17-11-7-4-8-12-17/h3-15H,1-2H3. The Kier molecular flexibility index (Phi) is 3.57. The van der Waals surface area contributed by atoms with Crippen molar-refractivity contribution < 1.29 is 9.53 Å². The molecule has 1 aliphatic rings. The summed E-state index contributed by atoms with van der Waals surface area (Å²) >= 11 is 0. The molecular formula is C22H19NO2. The Labute approximate surface area is 147 Å². The van der Waals surface area contributed by atoms with Crippen LogP contribution in [0.4, 0.5) is 5.69 Å². The molecule has 0 saturated carbocycles. The fourth-order valence-electron chi connectivity index (χ4n) is 3.81. The van der Waals surface area contributed by atoms with Crippen LogP contribution in [0.3, 0.4) is 0 Å². The van der Waals surface area contributed by atoms with Crippen LogP contribution >= 0.6 is 0 Å². The van der Waals surface area contributed by atoms with Crippen molar-refractivity contribution in [2.75, 3.05) is 19.1 Å². The van der Waals surface area contributed by atoms with E-state index in [1.165, 1.54) is 0 Å². The second-order valence-corrected chi connectivity index (χ2v) is 6.23. The summed E-state index contributed by atoms with van der Waals surface area (Å²) in [5, 5.41) is 0. The number of carbonyl (C=O) groups excluding carboxylic acids is 1. The molecule has 0 aromatic heterocycles. The van der Waals surface area contributed by atoms with Crippen LogP contribution in [0, 0.1) is 0 Å². The van der Waals surface area contributed by atoms with Crippen LogP contribution in [-0.4, -0.2) is 20.1 Å². The average Bonchev–Trinajstić information content (AvgIpc) is 2.91. The van der Waals surface area contributed by atoms with Gasteiger partial charge in [0.2, 0.25) is 5.91 Å². The summed E-state index contributed by atoms with van der Waals surface area (Å²) < 4.78 is 5.36. The van der Waals surface area contributed by atoms with Gasteiger partial charge in [-0.15, -0.1) is 0 Å². The topological polar surface area (TPSA) is 29.5 Å². The number of hydrogen-bond acceptors (Lipinski definition) is 2. The molecular weight excluding hydrogens is 310 g/mol. The van der Waals surface area contributed by atoms with E-state index in [0.717, 1.165) is 28.1 Å². The number of benzene rings is 3. The van der Waals surface area contributed by atoms with Crippen LogP contribution in [0.2, 0.25) is 0 Å². The summed E-state index contributed by atoms with van der Waals surface area (Å²) in [4.78, 5) is 15.3. The van der Waals surface area contributed by atoms with Crippen LogP contribution in [0.5, 0.6) is 5.75 Å². The minimum Gasteiger partial charge on any atom is -0.497 e. The van der Waals surface area contributed by atoms with E-state index in [2.05, 4.69) is 0 Å². The van der Waals surface area contributed by atoms with Crippen molar-refractivity contribution in [3.05, 3.63) is 95.6 Å². The number of hydrogen-bond donors (Lipinski definition) is 0. The summed E-state index contributed by atoms with van der Waals surface area (Å²) in [7, 11) is 3.47. The highest BCUT2D eigenvalue weighted by atomic mass is 16.5. The smallest absolute Gasteiger partial charge is 0.246 e. The molecule has 3 aromatic rings. The Morgan fingerprint density at radius 2 is 1.40 bits per heavy atom. The molecule has 0 radical (unpaired) electrons. The lowest BCUT2D eigenvalue weighted by molar-refractivity contribution is -0.120. The average molecular weight is 329 g/mol. The molecule has 0 atom stereocenters. The predicted octanol–water partition coefficient (Wildman–Crippen LogP) is 4.01. The number of amides is 1. The highest BCUT2D eigenvalue weighted by molar-refractivity contribution is 6.12. The van der Waals surface area contributed by atoms with Gasteiger partial charge in [0.05, 0.1) is 12.8 Å². The van der Waals surface area contributed by atoms with Crippen molar-refractivity contribution in [1.82, 2.24) is 0 Å². The van der Waals surface area contributed by atoms with Gasteiger partial charge in [0.15, 0.2) is 0 Å². The number of nitrogens with zero attached hydrogens (tertiary/aromatic N) is 1. The number of ether oxygens (including phenoxy) is 1. The minimum absolute atomic E-state index is 0.0492. The number of likely N-dealkylation sites (N-methyl/N-ethyl adjacent to an activating group) is 1. The Hall–Kier alpha value is -3.07. The lowest BCUT2D eigenvalue weighted by Crippen LogP contribution is -2.40. The molecule has 0 N–H and O–H groups in total. The van der Waals surface area contributed by atoms with Gasteiger partial charge in [0.1, 0.15) is 11.2 Å². The molecule has 0 aliphatic carbocycles. The molecule has 1 heterocycles. The maximum Gasteiger partial charge on any atom is 0.246 e. The molecule has 3 aromatic carbocycles. The first-order valence-electron chi connectivity index (χ1n) is 8.27. The number of rotatable bonds is 3. The monoisotopic (exact) mass is 329 g/mol. The summed E-state index contributed by atoms with van der Waals surface area (Å²) in [6.45, 7) is 0. The first-order valence-corrected chi connectivity index (χ1v) is 8.27. The number of carbonyl (C=O) groups is 1. The van der Waals surface area contributed by atoms with Crippen LogP contribution < -0.4 is 9.64 Å². The fourth-order valence-corrected chi connectivity index (χ4v) is 3.81. The summed E-state index contributed by atoms with van der Waals surface area (Å²) in [6.07, 6.45) is 0. The van der Waals surface area contributed by atoms with E-state index in [4.69, 9.17) is 4.74 Å². The molecule has 124 valence electrons. The second kappa shape index (κ2) is 5.78. The van der Waals surface area contributed by atoms with Crippen molar-refractivity contribution in [2.24, 2.45) is 0 Å². The van der Waals surface area contributed by atoms with E-state index in [1.54, 1.807) is 12.0 Å². The van der Waals surface area contributed by atoms with Gasteiger partial charge in [-0.25, -0.2) is 0 Å². The highest BCUT2D eigenvalue weighted by Gasteiger charge is 2.52. The maximum absolute atomic E-state index is 13.6. The fraction of sp³-hybridized carbons (Fsp3) is 0.136. The van der Waals surface area contributed by atoms with Crippen LogP contribution in [0.1, 0.15) is 16.7 Å². The molecule has 0 saturated heterocycles. The van der Waals surface area contributed by atoms with E-state index in [1.807, 2.05) is 85.9 Å². The summed E-state index contributed by atoms with van der Waals surface area (Å²) in [5.74, 6) is 0.795. The third kappa shape index (κ3) is 2.09. The number of fused-ring (bicyclic) bond motifs is 1. The zero-order valence-corrected chi connectivity index (χ0v) is 14.3. The molecule has 0 unspecified atom stereocenters. The zero-order valence-electron chi connectivity index (χ0n) is 14.3. The van der Waals surface area contributed by atoms with E-state index in [0.29, 0.717) is 0 Å². The van der Waals surface area contributed by atoms with Crippen molar-refractivity contribution in [2.45, 2.75) is 5.41 Å². The van der Waals surface area contributed by atoms with Gasteiger partial charge >= 0.3 is 0 Å². The summed E-state index contributed by atoms with van der Waals surface area (Å²) in [5.41, 5.74) is 2.98. The SMILES string of the molecule is COc1ccc2c(c1)N(C)C(=O)C2(c1ccccc1)c1ccccc1. The third-order valence-electron chi connectivity index (χ3n) is 5.01. The quantitative estimate of drug-likeness (QED) is 0.727. The van der Waals surface area contributed by atoms with Crippen LogP contribution in [0.15, 0.2) is 78.9 Å². The van der Waals surface area contributed by atoms with Gasteiger partial charge in [-0.05, 0) is 17.2 Å². The van der Waals surface area contributed by atoms with Crippen molar-refractivity contribution in [1.29, 1.82) is 0 Å². The van der Waals surface area contributed by atoms with E-state index < -0.39 is 5.41 Å². The predicted molar refractivity (Wildman–Crippen MR) is 99.2 cm³/mol. The molecule has 4 rings (SSSR count). The van der Waals surface area contributed by atoms with E-state index in [-0.39, 0.29) is 5.91 Å². The Morgan fingerprint density at radius 3 is 1.92 bits per heavy atom. The molecule has 1 amide bonds. The number of anilines is 1. The largest absolute Gasteiger partial charge is 0.497 e. The zero-order chi connectivity index (χ0) is 17.4. The van der Waals surface area contributed by atoms with Crippen LogP contribution in [0.25, 0.3) is 0 Å². The Morgan fingerprint density at radius 1 is 0.840 bits per heavy atom. The summed E-state index contributed by atoms with van der Waals surface area (Å²) in [6, 6.07) is 25.8. The van der Waals surface area contributed by atoms with Gasteiger partial charge in [0.25, 0.3) is 0 Å². The molecule has 0 fully saturated rings. The van der Waals surface area contributed by atoms with Gasteiger partial charge in [-0.1, -0.05) is 66.7 Å². The van der Waals surface area contributed by atoms with Gasteiger partial charge in [-0.2, -0.15) is 0 Å². The van der Waals surface area contributed by atoms with E-state index in [9.17, 15) is 4.79 Å².